The summed E-state index contributed by atoms with van der Waals surface area (Å²) < 4.78 is 10.9. The van der Waals surface area contributed by atoms with Crippen molar-refractivity contribution >= 4 is 11.6 Å². The first-order valence-electron chi connectivity index (χ1n) is 6.70. The number of hydrogen-bond acceptors (Lipinski definition) is 4. The Bertz CT molecular complexity index is 668. The summed E-state index contributed by atoms with van der Waals surface area (Å²) >= 11 is 0. The summed E-state index contributed by atoms with van der Waals surface area (Å²) in [7, 11) is 0. The molecule has 2 aromatic rings. The second kappa shape index (κ2) is 5.46. The van der Waals surface area contributed by atoms with Gasteiger partial charge in [-0.15, -0.1) is 0 Å². The van der Waals surface area contributed by atoms with Crippen LogP contribution in [0, 0.1) is 6.92 Å². The number of carbonyl (C=O) groups excluding carboxylic acids is 1. The Morgan fingerprint density at radius 3 is 2.43 bits per heavy atom. The summed E-state index contributed by atoms with van der Waals surface area (Å²) in [5.41, 5.74) is 2.19. The topological polar surface area (TPSA) is 64.8 Å². The number of nitrogens with zero attached hydrogens (tertiary/aromatic N) is 1. The van der Waals surface area contributed by atoms with Gasteiger partial charge >= 0.3 is 0 Å². The fourth-order valence-electron chi connectivity index (χ4n) is 2.13. The van der Waals surface area contributed by atoms with Gasteiger partial charge in [0, 0.05) is 11.6 Å². The molecule has 0 saturated carbocycles. The third kappa shape index (κ3) is 2.68. The number of benzene rings is 2. The van der Waals surface area contributed by atoms with Crippen molar-refractivity contribution in [2.24, 2.45) is 5.84 Å². The van der Waals surface area contributed by atoms with Gasteiger partial charge in [-0.25, -0.2) is 10.9 Å². The van der Waals surface area contributed by atoms with Crippen molar-refractivity contribution in [3.63, 3.8) is 0 Å². The molecule has 0 aliphatic carbocycles. The molecule has 21 heavy (non-hydrogen) atoms. The molecule has 108 valence electrons. The molecule has 0 bridgehead atoms. The Labute approximate surface area is 122 Å². The van der Waals surface area contributed by atoms with Gasteiger partial charge in [-0.05, 0) is 31.2 Å². The highest BCUT2D eigenvalue weighted by molar-refractivity contribution is 6.05. The molecule has 1 aliphatic heterocycles. The van der Waals surface area contributed by atoms with E-state index in [-0.39, 0.29) is 5.91 Å². The fourth-order valence-corrected chi connectivity index (χ4v) is 2.13. The van der Waals surface area contributed by atoms with E-state index >= 15 is 0 Å². The van der Waals surface area contributed by atoms with E-state index in [1.54, 1.807) is 30.3 Å². The number of ether oxygens (including phenoxy) is 2. The summed E-state index contributed by atoms with van der Waals surface area (Å²) in [5.74, 6) is 6.93. The third-order valence-electron chi connectivity index (χ3n) is 3.32. The maximum Gasteiger partial charge on any atom is 0.272 e. The standard InChI is InChI=1S/C16H16N2O3/c1-11-2-4-12(5-3-11)16(19)18(17)13-6-7-14-15(10-13)21-9-8-20-14/h2-7,10H,8-9,17H2,1H3. The number of fused-ring (bicyclic) bond motifs is 1. The SMILES string of the molecule is Cc1ccc(C(=O)N(N)c2ccc3c(c2)OCCO3)cc1. The third-order valence-corrected chi connectivity index (χ3v) is 3.32. The molecule has 0 aromatic heterocycles. The summed E-state index contributed by atoms with van der Waals surface area (Å²) in [6, 6.07) is 12.5. The number of anilines is 1. The minimum atomic E-state index is -0.272. The van der Waals surface area contributed by atoms with E-state index in [9.17, 15) is 4.79 Å². The van der Waals surface area contributed by atoms with E-state index in [0.29, 0.717) is 36.0 Å². The molecule has 3 rings (SSSR count). The van der Waals surface area contributed by atoms with Gasteiger partial charge in [0.05, 0.1) is 5.69 Å². The van der Waals surface area contributed by atoms with Crippen molar-refractivity contribution in [1.29, 1.82) is 0 Å². The Hall–Kier alpha value is -2.53. The lowest BCUT2D eigenvalue weighted by Crippen LogP contribution is -2.37. The van der Waals surface area contributed by atoms with Gasteiger partial charge in [0.1, 0.15) is 13.2 Å². The van der Waals surface area contributed by atoms with Crippen molar-refractivity contribution in [2.45, 2.75) is 6.92 Å². The van der Waals surface area contributed by atoms with Crippen LogP contribution in [0.5, 0.6) is 11.5 Å². The summed E-state index contributed by atoms with van der Waals surface area (Å²) in [4.78, 5) is 12.4. The van der Waals surface area contributed by atoms with Gasteiger partial charge in [0.2, 0.25) is 0 Å². The van der Waals surface area contributed by atoms with Crippen molar-refractivity contribution in [1.82, 2.24) is 0 Å². The Kier molecular flexibility index (Phi) is 3.50. The van der Waals surface area contributed by atoms with Crippen LogP contribution in [0.4, 0.5) is 5.69 Å². The van der Waals surface area contributed by atoms with Crippen LogP contribution in [0.25, 0.3) is 0 Å². The average Bonchev–Trinajstić information content (AvgIpc) is 2.54. The second-order valence-corrected chi connectivity index (χ2v) is 4.87. The number of aryl methyl sites for hydroxylation is 1. The molecule has 2 N–H and O–H groups in total. The number of nitrogens with two attached hydrogens (primary N) is 1. The first-order chi connectivity index (χ1) is 10.1. The van der Waals surface area contributed by atoms with Crippen molar-refractivity contribution in [3.8, 4) is 11.5 Å². The van der Waals surface area contributed by atoms with Crippen LogP contribution in [0.3, 0.4) is 0 Å². The molecule has 5 heteroatoms. The number of hydrazine groups is 1. The zero-order chi connectivity index (χ0) is 14.8. The van der Waals surface area contributed by atoms with E-state index in [4.69, 9.17) is 15.3 Å². The maximum absolute atomic E-state index is 12.4. The molecule has 0 fully saturated rings. The molecule has 2 aromatic carbocycles. The zero-order valence-corrected chi connectivity index (χ0v) is 11.7. The van der Waals surface area contributed by atoms with Crippen LogP contribution in [-0.2, 0) is 0 Å². The highest BCUT2D eigenvalue weighted by Gasteiger charge is 2.18. The van der Waals surface area contributed by atoms with Crippen LogP contribution in [0.15, 0.2) is 42.5 Å². The van der Waals surface area contributed by atoms with Gasteiger partial charge in [0.15, 0.2) is 11.5 Å². The van der Waals surface area contributed by atoms with E-state index in [0.717, 1.165) is 10.6 Å². The maximum atomic E-state index is 12.4. The molecule has 5 nitrogen and oxygen atoms in total. The average molecular weight is 284 g/mol. The minimum Gasteiger partial charge on any atom is -0.486 e. The van der Waals surface area contributed by atoms with Gasteiger partial charge in [-0.2, -0.15) is 0 Å². The predicted molar refractivity (Wildman–Crippen MR) is 79.6 cm³/mol. The fraction of sp³-hybridized carbons (Fsp3) is 0.188. The summed E-state index contributed by atoms with van der Waals surface area (Å²) in [6.07, 6.45) is 0. The van der Waals surface area contributed by atoms with E-state index in [2.05, 4.69) is 0 Å². The molecule has 0 atom stereocenters. The van der Waals surface area contributed by atoms with Crippen LogP contribution in [0.1, 0.15) is 15.9 Å². The largest absolute Gasteiger partial charge is 0.486 e. The lowest BCUT2D eigenvalue weighted by atomic mass is 10.1. The van der Waals surface area contributed by atoms with Crippen molar-refractivity contribution in [3.05, 3.63) is 53.6 Å². The Balaban J connectivity index is 1.85. The van der Waals surface area contributed by atoms with Crippen molar-refractivity contribution in [2.75, 3.05) is 18.2 Å². The molecule has 0 unspecified atom stereocenters. The first kappa shape index (κ1) is 13.5. The Morgan fingerprint density at radius 2 is 1.71 bits per heavy atom. The highest BCUT2D eigenvalue weighted by Crippen LogP contribution is 2.33. The molecule has 0 saturated heterocycles. The minimum absolute atomic E-state index is 0.272. The number of rotatable bonds is 2. The van der Waals surface area contributed by atoms with Gasteiger partial charge in [-0.3, -0.25) is 4.79 Å². The molecule has 1 aliphatic rings. The summed E-state index contributed by atoms with van der Waals surface area (Å²) in [6.45, 7) is 2.99. The highest BCUT2D eigenvalue weighted by atomic mass is 16.6. The second-order valence-electron chi connectivity index (χ2n) is 4.87. The van der Waals surface area contributed by atoms with Crippen LogP contribution in [0.2, 0.25) is 0 Å². The van der Waals surface area contributed by atoms with Gasteiger partial charge in [-0.1, -0.05) is 17.7 Å². The van der Waals surface area contributed by atoms with E-state index < -0.39 is 0 Å². The number of hydrogen-bond donors (Lipinski definition) is 1. The van der Waals surface area contributed by atoms with E-state index in [1.165, 1.54) is 0 Å². The summed E-state index contributed by atoms with van der Waals surface area (Å²) in [5, 5.41) is 1.11. The van der Waals surface area contributed by atoms with Gasteiger partial charge < -0.3 is 9.47 Å². The lowest BCUT2D eigenvalue weighted by Gasteiger charge is -2.22. The number of amides is 1. The quantitative estimate of drug-likeness (QED) is 0.522. The molecular weight excluding hydrogens is 268 g/mol. The number of carbonyl (C=O) groups is 1. The molecule has 1 amide bonds. The van der Waals surface area contributed by atoms with Crippen molar-refractivity contribution < 1.29 is 14.3 Å². The Morgan fingerprint density at radius 1 is 1.05 bits per heavy atom. The zero-order valence-electron chi connectivity index (χ0n) is 11.7. The normalized spacial score (nSPS) is 12.9. The van der Waals surface area contributed by atoms with Crippen LogP contribution in [-0.4, -0.2) is 19.1 Å². The molecule has 0 spiro atoms. The first-order valence-corrected chi connectivity index (χ1v) is 6.70. The molecular formula is C16H16N2O3. The van der Waals surface area contributed by atoms with Crippen LogP contribution >= 0.6 is 0 Å². The van der Waals surface area contributed by atoms with Crippen LogP contribution < -0.4 is 20.3 Å². The van der Waals surface area contributed by atoms with Gasteiger partial charge in [0.25, 0.3) is 5.91 Å². The smallest absolute Gasteiger partial charge is 0.272 e. The molecule has 0 radical (unpaired) electrons. The molecule has 1 heterocycles. The predicted octanol–water partition coefficient (Wildman–Crippen LogP) is 2.29. The monoisotopic (exact) mass is 284 g/mol. The lowest BCUT2D eigenvalue weighted by molar-refractivity contribution is 0.0986. The van der Waals surface area contributed by atoms with E-state index in [1.807, 2.05) is 19.1 Å².